The van der Waals surface area contributed by atoms with E-state index in [1.807, 2.05) is 24.3 Å². The van der Waals surface area contributed by atoms with Crippen LogP contribution in [0.4, 0.5) is 0 Å². The largest absolute Gasteiger partial charge is 0.497 e. The molecule has 4 rings (SSSR count). The van der Waals surface area contributed by atoms with Crippen LogP contribution in [0.15, 0.2) is 55.1 Å². The van der Waals surface area contributed by atoms with Gasteiger partial charge in [-0.25, -0.2) is 0 Å². The van der Waals surface area contributed by atoms with Crippen molar-refractivity contribution in [3.05, 3.63) is 77.4 Å². The molecule has 7 nitrogen and oxygen atoms in total. The Balaban J connectivity index is 1.51. The van der Waals surface area contributed by atoms with Gasteiger partial charge in [-0.05, 0) is 61.8 Å². The summed E-state index contributed by atoms with van der Waals surface area (Å²) in [6, 6.07) is 12.6. The molecule has 0 saturated carbocycles. The first kappa shape index (κ1) is 21.8. The van der Waals surface area contributed by atoms with Gasteiger partial charge in [0, 0.05) is 18.7 Å². The molecule has 0 aliphatic carbocycles. The Morgan fingerprint density at radius 2 is 1.88 bits per heavy atom. The summed E-state index contributed by atoms with van der Waals surface area (Å²) in [7, 11) is 1.64. The zero-order valence-corrected chi connectivity index (χ0v) is 18.2. The first-order valence-corrected chi connectivity index (χ1v) is 10.8. The Kier molecular flexibility index (Phi) is 6.37. The molecule has 1 saturated heterocycles. The van der Waals surface area contributed by atoms with Crippen molar-refractivity contribution >= 4 is 17.7 Å². The molecule has 1 N–H and O–H groups in total. The van der Waals surface area contributed by atoms with Gasteiger partial charge in [0.05, 0.1) is 24.3 Å². The minimum atomic E-state index is -0.397. The van der Waals surface area contributed by atoms with E-state index < -0.39 is 5.91 Å². The van der Waals surface area contributed by atoms with Gasteiger partial charge in [0.1, 0.15) is 5.75 Å². The fourth-order valence-corrected chi connectivity index (χ4v) is 4.38. The van der Waals surface area contributed by atoms with Crippen LogP contribution in [0.1, 0.15) is 55.5 Å². The van der Waals surface area contributed by atoms with Crippen LogP contribution in [0.25, 0.3) is 0 Å². The molecule has 0 spiro atoms. The lowest BCUT2D eigenvalue weighted by molar-refractivity contribution is 0.0672. The lowest BCUT2D eigenvalue weighted by Gasteiger charge is -2.28. The second kappa shape index (κ2) is 9.36. The number of hydrogen-bond donors (Lipinski definition) is 1. The lowest BCUT2D eigenvalue weighted by Crippen LogP contribution is -2.36. The second-order valence-electron chi connectivity index (χ2n) is 8.02. The second-order valence-corrected chi connectivity index (χ2v) is 8.02. The van der Waals surface area contributed by atoms with Gasteiger partial charge in [-0.15, -0.1) is 6.58 Å². The number of benzene rings is 2. The smallest absolute Gasteiger partial charge is 0.261 e. The topological polar surface area (TPSA) is 79.0 Å². The van der Waals surface area contributed by atoms with Crippen molar-refractivity contribution in [3.8, 4) is 5.75 Å². The Morgan fingerprint density at radius 3 is 2.59 bits per heavy atom. The van der Waals surface area contributed by atoms with Crippen LogP contribution in [-0.2, 0) is 0 Å². The summed E-state index contributed by atoms with van der Waals surface area (Å²) < 4.78 is 5.37. The van der Waals surface area contributed by atoms with Crippen molar-refractivity contribution in [2.75, 3.05) is 33.3 Å². The fraction of sp³-hybridized carbons (Fsp3) is 0.320. The maximum atomic E-state index is 12.9. The van der Waals surface area contributed by atoms with E-state index in [-0.39, 0.29) is 30.0 Å². The zero-order chi connectivity index (χ0) is 22.7. The molecule has 0 unspecified atom stereocenters. The predicted molar refractivity (Wildman–Crippen MR) is 121 cm³/mol. The van der Waals surface area contributed by atoms with Crippen molar-refractivity contribution in [2.45, 2.75) is 18.9 Å². The number of amides is 3. The summed E-state index contributed by atoms with van der Waals surface area (Å²) >= 11 is 0. The van der Waals surface area contributed by atoms with Crippen molar-refractivity contribution in [1.29, 1.82) is 0 Å². The molecule has 7 heteroatoms. The molecule has 32 heavy (non-hydrogen) atoms. The van der Waals surface area contributed by atoms with Crippen molar-refractivity contribution in [3.63, 3.8) is 0 Å². The molecule has 2 heterocycles. The average molecular weight is 434 g/mol. The van der Waals surface area contributed by atoms with Crippen LogP contribution >= 0.6 is 0 Å². The first-order valence-electron chi connectivity index (χ1n) is 10.8. The third kappa shape index (κ3) is 4.16. The van der Waals surface area contributed by atoms with Gasteiger partial charge in [-0.1, -0.05) is 18.2 Å². The summed E-state index contributed by atoms with van der Waals surface area (Å²) in [5.41, 5.74) is 2.02. The monoisotopic (exact) mass is 433 g/mol. The summed E-state index contributed by atoms with van der Waals surface area (Å²) in [4.78, 5) is 41.4. The van der Waals surface area contributed by atoms with Crippen LogP contribution in [0.5, 0.6) is 5.75 Å². The van der Waals surface area contributed by atoms with Crippen LogP contribution in [0, 0.1) is 0 Å². The van der Waals surface area contributed by atoms with Gasteiger partial charge in [-0.3, -0.25) is 24.2 Å². The van der Waals surface area contributed by atoms with Crippen molar-refractivity contribution < 1.29 is 19.1 Å². The molecular formula is C25H27N3O4. The van der Waals surface area contributed by atoms with E-state index in [0.29, 0.717) is 17.7 Å². The number of likely N-dealkylation sites (tertiary alicyclic amines) is 1. The van der Waals surface area contributed by atoms with Gasteiger partial charge >= 0.3 is 0 Å². The number of rotatable bonds is 8. The SMILES string of the molecule is C=CCN1C(=O)c2ccc(C(=O)NC[C@H](c3cccc(OC)c3)N3CCCC3)cc2C1=O. The van der Waals surface area contributed by atoms with E-state index in [0.717, 1.165) is 42.1 Å². The van der Waals surface area contributed by atoms with Crippen LogP contribution in [0.2, 0.25) is 0 Å². The maximum Gasteiger partial charge on any atom is 0.261 e. The Morgan fingerprint density at radius 1 is 1.12 bits per heavy atom. The Labute approximate surface area is 187 Å². The van der Waals surface area contributed by atoms with E-state index in [4.69, 9.17) is 4.74 Å². The molecule has 0 aromatic heterocycles. The lowest BCUT2D eigenvalue weighted by atomic mass is 10.0. The van der Waals surface area contributed by atoms with Gasteiger partial charge in [-0.2, -0.15) is 0 Å². The summed E-state index contributed by atoms with van der Waals surface area (Å²) in [6.45, 7) is 6.12. The quantitative estimate of drug-likeness (QED) is 0.511. The van der Waals surface area contributed by atoms with Gasteiger partial charge in [0.25, 0.3) is 17.7 Å². The third-order valence-corrected chi connectivity index (χ3v) is 6.06. The van der Waals surface area contributed by atoms with E-state index in [1.54, 1.807) is 19.2 Å². The molecule has 0 radical (unpaired) electrons. The highest BCUT2D eigenvalue weighted by Crippen LogP contribution is 2.28. The summed E-state index contributed by atoms with van der Waals surface area (Å²) in [6.07, 6.45) is 3.78. The minimum Gasteiger partial charge on any atom is -0.497 e. The number of ether oxygens (including phenoxy) is 1. The molecule has 2 aliphatic rings. The number of nitrogens with zero attached hydrogens (tertiary/aromatic N) is 2. The summed E-state index contributed by atoms with van der Waals surface area (Å²) in [5, 5.41) is 3.02. The first-order chi connectivity index (χ1) is 15.5. The maximum absolute atomic E-state index is 12.9. The molecule has 2 aromatic carbocycles. The van der Waals surface area contributed by atoms with E-state index in [9.17, 15) is 14.4 Å². The number of imide groups is 1. The molecule has 166 valence electrons. The molecule has 1 atom stereocenters. The van der Waals surface area contributed by atoms with Crippen molar-refractivity contribution in [2.24, 2.45) is 0 Å². The average Bonchev–Trinajstić information content (AvgIpc) is 3.43. The van der Waals surface area contributed by atoms with E-state index in [1.165, 1.54) is 12.1 Å². The molecule has 0 bridgehead atoms. The highest BCUT2D eigenvalue weighted by molar-refractivity contribution is 6.22. The molecule has 2 aliphatic heterocycles. The number of fused-ring (bicyclic) bond motifs is 1. The molecular weight excluding hydrogens is 406 g/mol. The van der Waals surface area contributed by atoms with E-state index >= 15 is 0 Å². The fourth-order valence-electron chi connectivity index (χ4n) is 4.38. The molecule has 2 aromatic rings. The standard InChI is InChI=1S/C25H27N3O4/c1-3-11-28-24(30)20-10-9-18(15-21(20)25(28)31)23(29)26-16-22(27-12-4-5-13-27)17-7-6-8-19(14-17)32-2/h3,6-10,14-15,22H,1,4-5,11-13,16H2,2H3,(H,26,29)/t22-/m1/s1. The molecule has 3 amide bonds. The molecule has 1 fully saturated rings. The number of nitrogens with one attached hydrogen (secondary N) is 1. The number of carbonyl (C=O) groups excluding carboxylic acids is 3. The number of carbonyl (C=O) groups is 3. The number of hydrogen-bond acceptors (Lipinski definition) is 5. The zero-order valence-electron chi connectivity index (χ0n) is 18.2. The normalized spacial score (nSPS) is 16.7. The summed E-state index contributed by atoms with van der Waals surface area (Å²) in [5.74, 6) is -0.249. The van der Waals surface area contributed by atoms with E-state index in [2.05, 4.69) is 16.8 Å². The Hall–Kier alpha value is -3.45. The van der Waals surface area contributed by atoms with Gasteiger partial charge in [0.2, 0.25) is 0 Å². The Bertz CT molecular complexity index is 1060. The third-order valence-electron chi connectivity index (χ3n) is 6.06. The van der Waals surface area contributed by atoms with Crippen LogP contribution in [0.3, 0.4) is 0 Å². The van der Waals surface area contributed by atoms with Crippen LogP contribution in [-0.4, -0.2) is 60.8 Å². The highest BCUT2D eigenvalue weighted by atomic mass is 16.5. The van der Waals surface area contributed by atoms with Gasteiger partial charge < -0.3 is 10.1 Å². The van der Waals surface area contributed by atoms with Crippen molar-refractivity contribution in [1.82, 2.24) is 15.1 Å². The predicted octanol–water partition coefficient (Wildman–Crippen LogP) is 3.04. The number of methoxy groups -OCH3 is 1. The minimum absolute atomic E-state index is 0.0252. The van der Waals surface area contributed by atoms with Gasteiger partial charge in [0.15, 0.2) is 0 Å². The van der Waals surface area contributed by atoms with Crippen LogP contribution < -0.4 is 10.1 Å². The highest BCUT2D eigenvalue weighted by Gasteiger charge is 2.35.